The molecule has 1 spiro atoms. The van der Waals surface area contributed by atoms with Gasteiger partial charge in [-0.1, -0.05) is 31.4 Å². The summed E-state index contributed by atoms with van der Waals surface area (Å²) < 4.78 is 0. The number of carboxylic acids is 1. The number of allylic oxidation sites excluding steroid dienone is 2. The zero-order chi connectivity index (χ0) is 16.3. The first-order chi connectivity index (χ1) is 9.68. The Morgan fingerprint density at radius 3 is 2.14 bits per heavy atom. The Balaban J connectivity index is 0.000000677. The third kappa shape index (κ3) is 3.86. The molecule has 2 N–H and O–H groups in total. The van der Waals surface area contributed by atoms with Gasteiger partial charge in [0, 0.05) is 6.42 Å². The van der Waals surface area contributed by atoms with Crippen LogP contribution < -0.4 is 0 Å². The lowest BCUT2D eigenvalue weighted by Gasteiger charge is -2.51. The number of aliphatic carboxylic acids is 1. The molecule has 0 bridgehead atoms. The zero-order valence-electron chi connectivity index (χ0n) is 13.6. The maximum Gasteiger partial charge on any atom is 0.303 e. The molecule has 0 aromatic carbocycles. The van der Waals surface area contributed by atoms with Crippen LogP contribution in [0.4, 0.5) is 0 Å². The predicted octanol–water partition coefficient (Wildman–Crippen LogP) is 4.10. The molecule has 1 unspecified atom stereocenters. The third-order valence-electron chi connectivity index (χ3n) is 5.52. The van der Waals surface area contributed by atoms with Crippen molar-refractivity contribution in [3.05, 3.63) is 11.1 Å². The highest BCUT2D eigenvalue weighted by Gasteiger charge is 2.51. The van der Waals surface area contributed by atoms with Gasteiger partial charge in [0.1, 0.15) is 0 Å². The predicted molar refractivity (Wildman–Crippen MR) is 82.1 cm³/mol. The topological polar surface area (TPSA) is 74.6 Å². The summed E-state index contributed by atoms with van der Waals surface area (Å²) >= 11 is 0. The van der Waals surface area contributed by atoms with Crippen molar-refractivity contribution in [1.29, 1.82) is 0 Å². The van der Waals surface area contributed by atoms with E-state index < -0.39 is 5.97 Å². The fraction of sp³-hybridized carbons (Fsp3) is 0.765. The van der Waals surface area contributed by atoms with Crippen molar-refractivity contribution in [3.8, 4) is 0 Å². The molecule has 0 heterocycles. The summed E-state index contributed by atoms with van der Waals surface area (Å²) in [5, 5.41) is 16.1. The van der Waals surface area contributed by atoms with Crippen molar-refractivity contribution in [3.63, 3.8) is 0 Å². The van der Waals surface area contributed by atoms with Crippen LogP contribution in [0.5, 0.6) is 0 Å². The van der Waals surface area contributed by atoms with E-state index in [0.717, 1.165) is 12.8 Å². The summed E-state index contributed by atoms with van der Waals surface area (Å²) in [5.41, 5.74) is 3.42. The number of carboxylic acid groups (broad SMARTS) is 2. The monoisotopic (exact) mass is 296 g/mol. The van der Waals surface area contributed by atoms with E-state index in [0.29, 0.717) is 12.3 Å². The molecule has 21 heavy (non-hydrogen) atoms. The van der Waals surface area contributed by atoms with Crippen molar-refractivity contribution in [1.82, 2.24) is 0 Å². The first kappa shape index (κ1) is 17.7. The van der Waals surface area contributed by atoms with E-state index >= 15 is 0 Å². The molecule has 0 aromatic rings. The van der Waals surface area contributed by atoms with Gasteiger partial charge >= 0.3 is 5.97 Å². The van der Waals surface area contributed by atoms with Crippen molar-refractivity contribution in [2.75, 3.05) is 0 Å². The second-order valence-corrected chi connectivity index (χ2v) is 7.37. The molecule has 0 saturated heterocycles. The van der Waals surface area contributed by atoms with Gasteiger partial charge in [-0.05, 0) is 56.3 Å². The molecule has 1 saturated carbocycles. The number of rotatable bonds is 2. The summed E-state index contributed by atoms with van der Waals surface area (Å²) in [5.74, 6) is -0.305. The van der Waals surface area contributed by atoms with Crippen LogP contribution in [0, 0.1) is 16.7 Å². The van der Waals surface area contributed by atoms with Crippen molar-refractivity contribution >= 4 is 12.4 Å². The standard InChI is InChI=1S/C16H26O2.CH2O2/c1-11-9-16(10-12(11)2)7-5-6-15(3,4)13(16)8-14(17)18;2-1-3/h13H,5-10H2,1-4H3,(H,17,18);1H,(H,2,3). The van der Waals surface area contributed by atoms with Gasteiger partial charge in [-0.15, -0.1) is 0 Å². The molecular weight excluding hydrogens is 268 g/mol. The van der Waals surface area contributed by atoms with E-state index in [1.54, 1.807) is 0 Å². The molecule has 2 aliphatic rings. The normalized spacial score (nSPS) is 26.2. The number of hydrogen-bond donors (Lipinski definition) is 2. The largest absolute Gasteiger partial charge is 0.483 e. The van der Waals surface area contributed by atoms with E-state index in [4.69, 9.17) is 9.90 Å². The Morgan fingerprint density at radius 2 is 1.71 bits per heavy atom. The highest BCUT2D eigenvalue weighted by Crippen LogP contribution is 2.60. The summed E-state index contributed by atoms with van der Waals surface area (Å²) in [4.78, 5) is 19.6. The van der Waals surface area contributed by atoms with Gasteiger partial charge in [0.15, 0.2) is 0 Å². The van der Waals surface area contributed by atoms with Gasteiger partial charge in [-0.2, -0.15) is 0 Å². The molecular formula is C17H28O4. The van der Waals surface area contributed by atoms with E-state index in [-0.39, 0.29) is 17.3 Å². The average molecular weight is 296 g/mol. The van der Waals surface area contributed by atoms with Crippen LogP contribution in [0.15, 0.2) is 11.1 Å². The fourth-order valence-corrected chi connectivity index (χ4v) is 4.58. The van der Waals surface area contributed by atoms with Crippen molar-refractivity contribution < 1.29 is 19.8 Å². The van der Waals surface area contributed by atoms with Gasteiger partial charge in [0.05, 0.1) is 0 Å². The van der Waals surface area contributed by atoms with Gasteiger partial charge in [-0.3, -0.25) is 9.59 Å². The minimum Gasteiger partial charge on any atom is -0.483 e. The maximum atomic E-state index is 11.2. The lowest BCUT2D eigenvalue weighted by Crippen LogP contribution is -2.44. The SMILES string of the molecule is CC1=C(C)CC2(CCCC(C)(C)C2CC(=O)O)C1.O=CO. The molecule has 1 fully saturated rings. The molecule has 0 radical (unpaired) electrons. The Kier molecular flexibility index (Phi) is 5.60. The van der Waals surface area contributed by atoms with Crippen LogP contribution in [0.3, 0.4) is 0 Å². The average Bonchev–Trinajstić information content (AvgIpc) is 2.61. The van der Waals surface area contributed by atoms with Crippen molar-refractivity contribution in [2.24, 2.45) is 16.7 Å². The summed E-state index contributed by atoms with van der Waals surface area (Å²) in [6.45, 7) is 8.74. The highest BCUT2D eigenvalue weighted by molar-refractivity contribution is 5.67. The van der Waals surface area contributed by atoms with Gasteiger partial charge < -0.3 is 10.2 Å². The smallest absolute Gasteiger partial charge is 0.303 e. The van der Waals surface area contributed by atoms with Crippen LogP contribution >= 0.6 is 0 Å². The third-order valence-corrected chi connectivity index (χ3v) is 5.52. The van der Waals surface area contributed by atoms with E-state index in [1.807, 2.05) is 0 Å². The number of hydrogen-bond acceptors (Lipinski definition) is 2. The Morgan fingerprint density at radius 1 is 1.24 bits per heavy atom. The lowest BCUT2D eigenvalue weighted by molar-refractivity contribution is -0.143. The lowest BCUT2D eigenvalue weighted by atomic mass is 9.53. The first-order valence-corrected chi connectivity index (χ1v) is 7.63. The van der Waals surface area contributed by atoms with Crippen molar-refractivity contribution in [2.45, 2.75) is 66.2 Å². The quantitative estimate of drug-likeness (QED) is 0.594. The number of carbonyl (C=O) groups is 2. The summed E-state index contributed by atoms with van der Waals surface area (Å²) in [6, 6.07) is 0. The molecule has 1 atom stereocenters. The first-order valence-electron chi connectivity index (χ1n) is 7.63. The summed E-state index contributed by atoms with van der Waals surface area (Å²) in [7, 11) is 0. The zero-order valence-corrected chi connectivity index (χ0v) is 13.6. The second-order valence-electron chi connectivity index (χ2n) is 7.37. The molecule has 2 rings (SSSR count). The Hall–Kier alpha value is -1.32. The van der Waals surface area contributed by atoms with Gasteiger partial charge in [-0.25, -0.2) is 0 Å². The fourth-order valence-electron chi connectivity index (χ4n) is 4.58. The van der Waals surface area contributed by atoms with E-state index in [2.05, 4.69) is 27.7 Å². The summed E-state index contributed by atoms with van der Waals surface area (Å²) in [6.07, 6.45) is 6.23. The van der Waals surface area contributed by atoms with Gasteiger partial charge in [0.2, 0.25) is 0 Å². The minimum atomic E-state index is -0.628. The highest BCUT2D eigenvalue weighted by atomic mass is 16.4. The maximum absolute atomic E-state index is 11.2. The molecule has 4 heteroatoms. The van der Waals surface area contributed by atoms with Crippen LogP contribution in [0.2, 0.25) is 0 Å². The molecule has 120 valence electrons. The van der Waals surface area contributed by atoms with Crippen LogP contribution in [0.25, 0.3) is 0 Å². The van der Waals surface area contributed by atoms with Crippen LogP contribution in [-0.4, -0.2) is 22.7 Å². The van der Waals surface area contributed by atoms with E-state index in [9.17, 15) is 9.90 Å². The second kappa shape index (κ2) is 6.63. The molecule has 0 amide bonds. The van der Waals surface area contributed by atoms with Crippen LogP contribution in [0.1, 0.15) is 66.2 Å². The molecule has 4 nitrogen and oxygen atoms in total. The minimum absolute atomic E-state index is 0.168. The van der Waals surface area contributed by atoms with Gasteiger partial charge in [0.25, 0.3) is 6.47 Å². The molecule has 0 aliphatic heterocycles. The molecule has 2 aliphatic carbocycles. The molecule has 0 aromatic heterocycles. The Bertz CT molecular complexity index is 420. The van der Waals surface area contributed by atoms with E-state index in [1.165, 1.54) is 30.4 Å². The Labute approximate surface area is 127 Å². The van der Waals surface area contributed by atoms with Crippen LogP contribution in [-0.2, 0) is 9.59 Å².